The Morgan fingerprint density at radius 3 is 2.95 bits per heavy atom. The molecule has 1 aliphatic heterocycles. The Kier molecular flexibility index (Phi) is 5.46. The highest BCUT2D eigenvalue weighted by Crippen LogP contribution is 2.23. The van der Waals surface area contributed by atoms with Crippen molar-refractivity contribution in [2.75, 3.05) is 6.54 Å². The molecule has 0 spiro atoms. The molecule has 2 rings (SSSR count). The van der Waals surface area contributed by atoms with E-state index in [2.05, 4.69) is 11.0 Å². The van der Waals surface area contributed by atoms with E-state index in [0.29, 0.717) is 24.1 Å². The lowest BCUT2D eigenvalue weighted by Crippen LogP contribution is -2.35. The minimum absolute atomic E-state index is 0.187. The maximum atomic E-state index is 13.4. The molecule has 1 heterocycles. The molecule has 1 saturated heterocycles. The second-order valence-corrected chi connectivity index (χ2v) is 5.79. The third-order valence-corrected chi connectivity index (χ3v) is 4.08. The summed E-state index contributed by atoms with van der Waals surface area (Å²) in [7, 11) is 0. The first-order valence-electron chi connectivity index (χ1n) is 7.52. The van der Waals surface area contributed by atoms with Gasteiger partial charge in [0, 0.05) is 19.0 Å². The van der Waals surface area contributed by atoms with Crippen molar-refractivity contribution in [1.82, 2.24) is 4.90 Å². The summed E-state index contributed by atoms with van der Waals surface area (Å²) in [6, 6.07) is 6.62. The summed E-state index contributed by atoms with van der Waals surface area (Å²) in [6.07, 6.45) is 4.92. The van der Waals surface area contributed by atoms with Crippen LogP contribution in [0.1, 0.15) is 50.2 Å². The molecule has 4 heteroatoms. The van der Waals surface area contributed by atoms with Gasteiger partial charge in [0.1, 0.15) is 11.6 Å². The zero-order valence-corrected chi connectivity index (χ0v) is 12.4. The van der Waals surface area contributed by atoms with Crippen LogP contribution in [0.5, 0.6) is 0 Å². The predicted octanol–water partition coefficient (Wildman–Crippen LogP) is 3.42. The van der Waals surface area contributed by atoms with Gasteiger partial charge < -0.3 is 0 Å². The van der Waals surface area contributed by atoms with E-state index >= 15 is 0 Å². The quantitative estimate of drug-likeness (QED) is 0.852. The Morgan fingerprint density at radius 2 is 2.24 bits per heavy atom. The fourth-order valence-electron chi connectivity index (χ4n) is 3.03. The molecular formula is C17H21FN2O. The van der Waals surface area contributed by atoms with Crippen molar-refractivity contribution >= 4 is 5.78 Å². The lowest BCUT2D eigenvalue weighted by atomic mass is 10.0. The number of carbonyl (C=O) groups is 1. The number of likely N-dealkylation sites (tertiary alicyclic amines) is 1. The van der Waals surface area contributed by atoms with Crippen molar-refractivity contribution in [2.24, 2.45) is 0 Å². The average molecular weight is 288 g/mol. The number of carbonyl (C=O) groups excluding carboxylic acids is 1. The number of ketones is 1. The molecule has 0 amide bonds. The summed E-state index contributed by atoms with van der Waals surface area (Å²) in [5.41, 5.74) is 1.23. The van der Waals surface area contributed by atoms with Crippen molar-refractivity contribution < 1.29 is 9.18 Å². The molecule has 112 valence electrons. The van der Waals surface area contributed by atoms with Gasteiger partial charge in [0.15, 0.2) is 0 Å². The molecule has 1 fully saturated rings. The highest BCUT2D eigenvalue weighted by molar-refractivity contribution is 5.76. The molecule has 0 N–H and O–H groups in total. The average Bonchev–Trinajstić information content (AvgIpc) is 2.64. The van der Waals surface area contributed by atoms with E-state index in [1.54, 1.807) is 6.92 Å². The molecule has 1 aromatic rings. The van der Waals surface area contributed by atoms with Gasteiger partial charge in [-0.05, 0) is 50.1 Å². The van der Waals surface area contributed by atoms with E-state index in [4.69, 9.17) is 5.26 Å². The van der Waals surface area contributed by atoms with Crippen LogP contribution in [0.25, 0.3) is 0 Å². The fraction of sp³-hybridized carbons (Fsp3) is 0.529. The summed E-state index contributed by atoms with van der Waals surface area (Å²) in [5.74, 6) is -0.131. The van der Waals surface area contributed by atoms with Gasteiger partial charge in [0.05, 0.1) is 11.6 Å². The summed E-state index contributed by atoms with van der Waals surface area (Å²) in [5, 5.41) is 9.16. The maximum absolute atomic E-state index is 13.4. The standard InChI is InChI=1S/C17H21FN2O/c1-13(21)9-17-5-3-2-4-8-20(17)12-15-10-16(18)7-6-14(15)11-19/h6-7,10,17H,2-5,8-9,12H2,1H3. The Balaban J connectivity index is 2.19. The number of nitrogens with zero attached hydrogens (tertiary/aromatic N) is 2. The lowest BCUT2D eigenvalue weighted by Gasteiger charge is -2.29. The van der Waals surface area contributed by atoms with Crippen LogP contribution in [0, 0.1) is 17.1 Å². The first-order valence-corrected chi connectivity index (χ1v) is 7.52. The van der Waals surface area contributed by atoms with Crippen molar-refractivity contribution in [3.05, 3.63) is 35.1 Å². The second kappa shape index (κ2) is 7.33. The number of Topliss-reactive ketones (excluding diaryl/α,β-unsaturated/α-hetero) is 1. The van der Waals surface area contributed by atoms with Crippen LogP contribution in [0.2, 0.25) is 0 Å². The Morgan fingerprint density at radius 1 is 1.43 bits per heavy atom. The largest absolute Gasteiger partial charge is 0.300 e. The Labute approximate surface area is 125 Å². The zero-order valence-electron chi connectivity index (χ0n) is 12.4. The van der Waals surface area contributed by atoms with E-state index < -0.39 is 0 Å². The monoisotopic (exact) mass is 288 g/mol. The first-order chi connectivity index (χ1) is 10.1. The Bertz CT molecular complexity index is 550. The third-order valence-electron chi connectivity index (χ3n) is 4.08. The molecule has 1 aromatic carbocycles. The van der Waals surface area contributed by atoms with Gasteiger partial charge in [-0.1, -0.05) is 12.8 Å². The molecule has 1 unspecified atom stereocenters. The van der Waals surface area contributed by atoms with E-state index in [-0.39, 0.29) is 17.6 Å². The topological polar surface area (TPSA) is 44.1 Å². The van der Waals surface area contributed by atoms with E-state index in [0.717, 1.165) is 25.8 Å². The van der Waals surface area contributed by atoms with E-state index in [1.165, 1.54) is 24.6 Å². The summed E-state index contributed by atoms with van der Waals surface area (Å²) in [4.78, 5) is 13.7. The SMILES string of the molecule is CC(=O)CC1CCCCCN1Cc1cc(F)ccc1C#N. The van der Waals surface area contributed by atoms with Crippen LogP contribution in [-0.2, 0) is 11.3 Å². The van der Waals surface area contributed by atoms with Gasteiger partial charge in [-0.15, -0.1) is 0 Å². The number of nitriles is 1. The van der Waals surface area contributed by atoms with E-state index in [1.807, 2.05) is 0 Å². The number of hydrogen-bond acceptors (Lipinski definition) is 3. The normalized spacial score (nSPS) is 19.8. The van der Waals surface area contributed by atoms with Crippen LogP contribution in [0.15, 0.2) is 18.2 Å². The van der Waals surface area contributed by atoms with Gasteiger partial charge in [-0.2, -0.15) is 5.26 Å². The van der Waals surface area contributed by atoms with Gasteiger partial charge in [-0.25, -0.2) is 4.39 Å². The van der Waals surface area contributed by atoms with Gasteiger partial charge in [0.25, 0.3) is 0 Å². The third kappa shape index (κ3) is 4.37. The smallest absolute Gasteiger partial charge is 0.131 e. The molecular weight excluding hydrogens is 267 g/mol. The highest BCUT2D eigenvalue weighted by atomic mass is 19.1. The van der Waals surface area contributed by atoms with E-state index in [9.17, 15) is 9.18 Å². The van der Waals surface area contributed by atoms with Crippen molar-refractivity contribution in [1.29, 1.82) is 5.26 Å². The summed E-state index contributed by atoms with van der Waals surface area (Å²) >= 11 is 0. The molecule has 3 nitrogen and oxygen atoms in total. The van der Waals surface area contributed by atoms with Crippen LogP contribution in [0.3, 0.4) is 0 Å². The predicted molar refractivity (Wildman–Crippen MR) is 79.1 cm³/mol. The van der Waals surface area contributed by atoms with Gasteiger partial charge in [-0.3, -0.25) is 9.69 Å². The van der Waals surface area contributed by atoms with Crippen LogP contribution >= 0.6 is 0 Å². The minimum Gasteiger partial charge on any atom is -0.300 e. The molecule has 1 atom stereocenters. The number of benzene rings is 1. The highest BCUT2D eigenvalue weighted by Gasteiger charge is 2.23. The van der Waals surface area contributed by atoms with Crippen LogP contribution < -0.4 is 0 Å². The molecule has 0 bridgehead atoms. The van der Waals surface area contributed by atoms with Crippen molar-refractivity contribution in [2.45, 2.75) is 51.6 Å². The Hall–Kier alpha value is -1.73. The second-order valence-electron chi connectivity index (χ2n) is 5.79. The lowest BCUT2D eigenvalue weighted by molar-refractivity contribution is -0.118. The molecule has 1 aliphatic rings. The minimum atomic E-state index is -0.318. The first kappa shape index (κ1) is 15.7. The summed E-state index contributed by atoms with van der Waals surface area (Å²) < 4.78 is 13.4. The van der Waals surface area contributed by atoms with Crippen molar-refractivity contribution in [3.63, 3.8) is 0 Å². The molecule has 0 saturated carbocycles. The molecule has 0 radical (unpaired) electrons. The number of rotatable bonds is 4. The fourth-order valence-corrected chi connectivity index (χ4v) is 3.03. The maximum Gasteiger partial charge on any atom is 0.131 e. The van der Waals surface area contributed by atoms with Gasteiger partial charge >= 0.3 is 0 Å². The van der Waals surface area contributed by atoms with Crippen LogP contribution in [0.4, 0.5) is 4.39 Å². The summed E-state index contributed by atoms with van der Waals surface area (Å²) in [6.45, 7) is 3.06. The molecule has 0 aliphatic carbocycles. The number of hydrogen-bond donors (Lipinski definition) is 0. The molecule has 0 aromatic heterocycles. The van der Waals surface area contributed by atoms with Gasteiger partial charge in [0.2, 0.25) is 0 Å². The van der Waals surface area contributed by atoms with Crippen molar-refractivity contribution in [3.8, 4) is 6.07 Å². The van der Waals surface area contributed by atoms with Crippen LogP contribution in [-0.4, -0.2) is 23.3 Å². The zero-order chi connectivity index (χ0) is 15.2. The number of halogens is 1. The molecule has 21 heavy (non-hydrogen) atoms.